The summed E-state index contributed by atoms with van der Waals surface area (Å²) in [4.78, 5) is 0. The lowest BCUT2D eigenvalue weighted by Gasteiger charge is -2.29. The smallest absolute Gasteiger partial charge is 0.202 e. The van der Waals surface area contributed by atoms with Gasteiger partial charge in [-0.3, -0.25) is 0 Å². The molecular weight excluding hydrogens is 146 g/mol. The zero-order valence-electron chi connectivity index (χ0n) is 7.19. The highest BCUT2D eigenvalue weighted by atomic mass is 16.5. The summed E-state index contributed by atoms with van der Waals surface area (Å²) in [5.41, 5.74) is 0. The first kappa shape index (κ1) is 10.8. The molecule has 0 radical (unpaired) electrons. The molecule has 3 N–H and O–H groups in total. The predicted octanol–water partition coefficient (Wildman–Crippen LogP) is -1.24. The van der Waals surface area contributed by atoms with E-state index in [9.17, 15) is 0 Å². The molecule has 0 atom stereocenters. The summed E-state index contributed by atoms with van der Waals surface area (Å²) < 4.78 is 0.526. The zero-order chi connectivity index (χ0) is 8.91. The molecule has 0 saturated carbocycles. The quantitative estimate of drug-likeness (QED) is 0.352. The van der Waals surface area contributed by atoms with Crippen LogP contribution in [-0.4, -0.2) is 59.9 Å². The number of likely N-dealkylation sites (N-methyl/N-ethyl adjacent to an activating group) is 1. The molecule has 0 saturated heterocycles. The summed E-state index contributed by atoms with van der Waals surface area (Å²) in [6, 6.07) is 0. The average molecular weight is 164 g/mol. The molecule has 4 heteroatoms. The zero-order valence-corrected chi connectivity index (χ0v) is 7.19. The highest BCUT2D eigenvalue weighted by Crippen LogP contribution is 1.99. The monoisotopic (exact) mass is 164 g/mol. The van der Waals surface area contributed by atoms with Gasteiger partial charge in [0.2, 0.25) is 6.29 Å². The van der Waals surface area contributed by atoms with Crippen LogP contribution in [0.2, 0.25) is 0 Å². The van der Waals surface area contributed by atoms with Crippen molar-refractivity contribution in [2.24, 2.45) is 0 Å². The second-order valence-electron chi connectivity index (χ2n) is 3.40. The first-order chi connectivity index (χ1) is 4.98. The highest BCUT2D eigenvalue weighted by Gasteiger charge is 2.17. The molecule has 0 fully saturated rings. The molecule has 0 aliphatic heterocycles. The van der Waals surface area contributed by atoms with Gasteiger partial charge in [-0.2, -0.15) is 0 Å². The number of rotatable bonds is 5. The van der Waals surface area contributed by atoms with Gasteiger partial charge >= 0.3 is 0 Å². The van der Waals surface area contributed by atoms with E-state index in [0.717, 1.165) is 6.54 Å². The van der Waals surface area contributed by atoms with Crippen LogP contribution in [-0.2, 0) is 0 Å². The Balaban J connectivity index is 3.61. The minimum absolute atomic E-state index is 0.156. The van der Waals surface area contributed by atoms with Gasteiger partial charge in [-0.15, -0.1) is 0 Å². The SMILES string of the molecule is C[N+](C)(CCCO)CC(O)O. The van der Waals surface area contributed by atoms with E-state index in [1.165, 1.54) is 0 Å². The molecule has 11 heavy (non-hydrogen) atoms. The van der Waals surface area contributed by atoms with Crippen LogP contribution >= 0.6 is 0 Å². The molecule has 0 rings (SSSR count). The van der Waals surface area contributed by atoms with Gasteiger partial charge in [0.05, 0.1) is 20.6 Å². The van der Waals surface area contributed by atoms with Crippen molar-refractivity contribution >= 4 is 0 Å². The van der Waals surface area contributed by atoms with Gasteiger partial charge in [0.15, 0.2) is 0 Å². The summed E-state index contributed by atoms with van der Waals surface area (Å²) in [6.07, 6.45) is -0.566. The molecule has 0 amide bonds. The number of nitrogens with zero attached hydrogens (tertiary/aromatic N) is 1. The lowest BCUT2D eigenvalue weighted by molar-refractivity contribution is -0.896. The summed E-state index contributed by atoms with van der Waals surface area (Å²) in [7, 11) is 3.80. The predicted molar refractivity (Wildman–Crippen MR) is 41.8 cm³/mol. The van der Waals surface area contributed by atoms with Gasteiger partial charge in [0.25, 0.3) is 0 Å². The van der Waals surface area contributed by atoms with E-state index in [2.05, 4.69) is 0 Å². The van der Waals surface area contributed by atoms with Crippen molar-refractivity contribution in [3.63, 3.8) is 0 Å². The molecule has 0 aliphatic rings. The Morgan fingerprint density at radius 3 is 2.18 bits per heavy atom. The standard InChI is InChI=1S/C7H18NO3/c1-8(2,4-3-5-9)6-7(10)11/h7,9-11H,3-6H2,1-2H3/q+1. The lowest BCUT2D eigenvalue weighted by Crippen LogP contribution is -2.46. The van der Waals surface area contributed by atoms with Crippen LogP contribution in [0.15, 0.2) is 0 Å². The fraction of sp³-hybridized carbons (Fsp3) is 1.00. The van der Waals surface area contributed by atoms with Crippen molar-refractivity contribution in [1.29, 1.82) is 0 Å². The summed E-state index contributed by atoms with van der Waals surface area (Å²) in [5.74, 6) is 0. The van der Waals surface area contributed by atoms with E-state index >= 15 is 0 Å². The molecule has 0 aromatic carbocycles. The molecule has 0 spiro atoms. The van der Waals surface area contributed by atoms with Crippen LogP contribution in [0.5, 0.6) is 0 Å². The third-order valence-electron chi connectivity index (χ3n) is 1.58. The Hall–Kier alpha value is -0.160. The summed E-state index contributed by atoms with van der Waals surface area (Å²) in [5, 5.41) is 25.9. The second kappa shape index (κ2) is 4.66. The molecular formula is C7H18NO3+. The molecule has 68 valence electrons. The third kappa shape index (κ3) is 6.25. The molecule has 0 heterocycles. The van der Waals surface area contributed by atoms with Crippen molar-refractivity contribution in [1.82, 2.24) is 0 Å². The largest absolute Gasteiger partial charge is 0.396 e. The average Bonchev–Trinajstić information content (AvgIpc) is 1.81. The van der Waals surface area contributed by atoms with Gasteiger partial charge in [-0.1, -0.05) is 0 Å². The van der Waals surface area contributed by atoms with Gasteiger partial charge in [-0.05, 0) is 0 Å². The van der Waals surface area contributed by atoms with Gasteiger partial charge < -0.3 is 19.8 Å². The minimum Gasteiger partial charge on any atom is -0.396 e. The first-order valence-electron chi connectivity index (χ1n) is 3.77. The Morgan fingerprint density at radius 2 is 1.82 bits per heavy atom. The Kier molecular flexibility index (Phi) is 4.60. The Labute approximate surface area is 67.3 Å². The van der Waals surface area contributed by atoms with Gasteiger partial charge in [0, 0.05) is 13.0 Å². The van der Waals surface area contributed by atoms with Gasteiger partial charge in [0.1, 0.15) is 6.54 Å². The van der Waals surface area contributed by atoms with E-state index in [1.54, 1.807) is 0 Å². The maximum Gasteiger partial charge on any atom is 0.202 e. The van der Waals surface area contributed by atoms with Crippen molar-refractivity contribution in [2.45, 2.75) is 12.7 Å². The Bertz CT molecular complexity index is 104. The third-order valence-corrected chi connectivity index (χ3v) is 1.58. The van der Waals surface area contributed by atoms with Crippen LogP contribution in [0.3, 0.4) is 0 Å². The highest BCUT2D eigenvalue weighted by molar-refractivity contribution is 4.37. The second-order valence-corrected chi connectivity index (χ2v) is 3.40. The maximum absolute atomic E-state index is 8.66. The van der Waals surface area contributed by atoms with Crippen molar-refractivity contribution in [3.8, 4) is 0 Å². The number of aliphatic hydroxyl groups excluding tert-OH is 2. The van der Waals surface area contributed by atoms with Crippen molar-refractivity contribution in [2.75, 3.05) is 33.8 Å². The van der Waals surface area contributed by atoms with Crippen LogP contribution in [0.1, 0.15) is 6.42 Å². The molecule has 0 aliphatic carbocycles. The van der Waals surface area contributed by atoms with Gasteiger partial charge in [-0.25, -0.2) is 0 Å². The van der Waals surface area contributed by atoms with E-state index in [-0.39, 0.29) is 6.61 Å². The number of hydrogen-bond donors (Lipinski definition) is 3. The van der Waals surface area contributed by atoms with Crippen LogP contribution < -0.4 is 0 Å². The molecule has 0 bridgehead atoms. The Morgan fingerprint density at radius 1 is 1.27 bits per heavy atom. The van der Waals surface area contributed by atoms with E-state index < -0.39 is 6.29 Å². The fourth-order valence-corrected chi connectivity index (χ4v) is 1.03. The first-order valence-corrected chi connectivity index (χ1v) is 3.77. The topological polar surface area (TPSA) is 60.7 Å². The van der Waals surface area contributed by atoms with E-state index in [4.69, 9.17) is 15.3 Å². The van der Waals surface area contributed by atoms with E-state index in [1.807, 2.05) is 14.1 Å². The minimum atomic E-state index is -1.26. The van der Waals surface area contributed by atoms with Crippen molar-refractivity contribution in [3.05, 3.63) is 0 Å². The van der Waals surface area contributed by atoms with Crippen molar-refractivity contribution < 1.29 is 19.8 Å². The van der Waals surface area contributed by atoms with Crippen LogP contribution in [0.4, 0.5) is 0 Å². The summed E-state index contributed by atoms with van der Waals surface area (Å²) >= 11 is 0. The molecule has 0 aromatic heterocycles. The molecule has 0 aromatic rings. The number of hydrogen-bond acceptors (Lipinski definition) is 3. The van der Waals surface area contributed by atoms with E-state index in [0.29, 0.717) is 17.4 Å². The molecule has 4 nitrogen and oxygen atoms in total. The van der Waals surface area contributed by atoms with Crippen LogP contribution in [0, 0.1) is 0 Å². The summed E-state index contributed by atoms with van der Waals surface area (Å²) in [6.45, 7) is 1.22. The molecule has 0 unspecified atom stereocenters. The maximum atomic E-state index is 8.66. The lowest BCUT2D eigenvalue weighted by atomic mass is 10.3. The van der Waals surface area contributed by atoms with Crippen LogP contribution in [0.25, 0.3) is 0 Å². The number of aliphatic hydroxyl groups is 3. The number of quaternary nitrogens is 1. The fourth-order valence-electron chi connectivity index (χ4n) is 1.03. The normalized spacial score (nSPS) is 12.5.